The third kappa shape index (κ3) is 4.20. The van der Waals surface area contributed by atoms with Crippen molar-refractivity contribution in [2.45, 2.75) is 13.5 Å². The van der Waals surface area contributed by atoms with Gasteiger partial charge in [-0.3, -0.25) is 4.79 Å². The van der Waals surface area contributed by atoms with E-state index in [1.807, 2.05) is 30.3 Å². The molecule has 0 aromatic heterocycles. The lowest BCUT2D eigenvalue weighted by atomic mass is 10.0. The van der Waals surface area contributed by atoms with E-state index in [1.165, 1.54) is 13.0 Å². The average molecular weight is 376 g/mol. The van der Waals surface area contributed by atoms with Crippen LogP contribution in [0.2, 0.25) is 0 Å². The van der Waals surface area contributed by atoms with Crippen LogP contribution in [0.15, 0.2) is 60.7 Å². The summed E-state index contributed by atoms with van der Waals surface area (Å²) in [6.07, 6.45) is 2.58. The van der Waals surface area contributed by atoms with Crippen molar-refractivity contribution < 1.29 is 24.2 Å². The minimum atomic E-state index is -1.02. The highest BCUT2D eigenvalue weighted by Gasteiger charge is 2.14. The van der Waals surface area contributed by atoms with Gasteiger partial charge in [0.1, 0.15) is 18.1 Å². The lowest BCUT2D eigenvalue weighted by Gasteiger charge is -2.15. The van der Waals surface area contributed by atoms with E-state index in [4.69, 9.17) is 14.6 Å². The van der Waals surface area contributed by atoms with E-state index in [1.54, 1.807) is 31.4 Å². The number of rotatable bonds is 7. The normalized spacial score (nSPS) is 10.9. The monoisotopic (exact) mass is 376 g/mol. The summed E-state index contributed by atoms with van der Waals surface area (Å²) in [6.45, 7) is 1.68. The third-order valence-electron chi connectivity index (χ3n) is 4.35. The fourth-order valence-electron chi connectivity index (χ4n) is 3.01. The Morgan fingerprint density at radius 2 is 1.86 bits per heavy atom. The third-order valence-corrected chi connectivity index (χ3v) is 4.35. The molecule has 0 saturated heterocycles. The van der Waals surface area contributed by atoms with Gasteiger partial charge in [-0.15, -0.1) is 0 Å². The molecule has 28 heavy (non-hydrogen) atoms. The Kier molecular flexibility index (Phi) is 5.75. The van der Waals surface area contributed by atoms with Crippen LogP contribution in [0.5, 0.6) is 11.5 Å². The largest absolute Gasteiger partial charge is 0.496 e. The number of methoxy groups -OCH3 is 1. The number of carbonyl (C=O) groups is 2. The first-order chi connectivity index (χ1) is 13.5. The van der Waals surface area contributed by atoms with Gasteiger partial charge < -0.3 is 14.6 Å². The van der Waals surface area contributed by atoms with Crippen LogP contribution in [0.1, 0.15) is 28.4 Å². The summed E-state index contributed by atoms with van der Waals surface area (Å²) >= 11 is 0. The minimum Gasteiger partial charge on any atom is -0.496 e. The Morgan fingerprint density at radius 3 is 2.57 bits per heavy atom. The molecule has 0 aliphatic rings. The van der Waals surface area contributed by atoms with Crippen LogP contribution in [0.25, 0.3) is 16.8 Å². The van der Waals surface area contributed by atoms with Crippen LogP contribution in [-0.2, 0) is 11.4 Å². The van der Waals surface area contributed by atoms with E-state index in [2.05, 4.69) is 0 Å². The van der Waals surface area contributed by atoms with Gasteiger partial charge in [0.05, 0.1) is 12.7 Å². The smallest absolute Gasteiger partial charge is 0.328 e. The Hall–Kier alpha value is -3.60. The number of aliphatic carboxylic acids is 1. The zero-order valence-corrected chi connectivity index (χ0v) is 15.6. The van der Waals surface area contributed by atoms with E-state index in [9.17, 15) is 9.59 Å². The van der Waals surface area contributed by atoms with Gasteiger partial charge in [-0.25, -0.2) is 4.79 Å². The lowest BCUT2D eigenvalue weighted by molar-refractivity contribution is -0.131. The molecule has 0 aliphatic carbocycles. The summed E-state index contributed by atoms with van der Waals surface area (Å²) in [4.78, 5) is 22.8. The molecular formula is C23H20O5. The minimum absolute atomic E-state index is 0.0779. The van der Waals surface area contributed by atoms with Crippen molar-refractivity contribution >= 4 is 28.6 Å². The van der Waals surface area contributed by atoms with Gasteiger partial charge in [-0.05, 0) is 42.1 Å². The molecule has 3 rings (SSSR count). The summed E-state index contributed by atoms with van der Waals surface area (Å²) in [5.74, 6) is 0.0533. The predicted molar refractivity (Wildman–Crippen MR) is 108 cm³/mol. The quantitative estimate of drug-likeness (QED) is 0.477. The Bertz CT molecular complexity index is 1070. The van der Waals surface area contributed by atoms with E-state index in [0.717, 1.165) is 22.4 Å². The molecule has 0 aliphatic heterocycles. The van der Waals surface area contributed by atoms with Crippen LogP contribution in [0.3, 0.4) is 0 Å². The molecule has 5 nitrogen and oxygen atoms in total. The zero-order valence-electron chi connectivity index (χ0n) is 15.6. The van der Waals surface area contributed by atoms with E-state index in [0.29, 0.717) is 22.6 Å². The van der Waals surface area contributed by atoms with Crippen LogP contribution in [0, 0.1) is 0 Å². The van der Waals surface area contributed by atoms with Crippen molar-refractivity contribution in [3.05, 3.63) is 77.4 Å². The maximum atomic E-state index is 12.1. The number of carbonyl (C=O) groups excluding carboxylic acids is 1. The first-order valence-corrected chi connectivity index (χ1v) is 8.73. The summed E-state index contributed by atoms with van der Waals surface area (Å²) in [6, 6.07) is 16.7. The average Bonchev–Trinajstić information content (AvgIpc) is 2.70. The fraction of sp³-hybridized carbons (Fsp3) is 0.130. The van der Waals surface area contributed by atoms with Gasteiger partial charge >= 0.3 is 5.97 Å². The summed E-state index contributed by atoms with van der Waals surface area (Å²) in [5, 5.41) is 10.6. The van der Waals surface area contributed by atoms with E-state index >= 15 is 0 Å². The first kappa shape index (κ1) is 19.2. The highest BCUT2D eigenvalue weighted by molar-refractivity contribution is 6.03. The van der Waals surface area contributed by atoms with Gasteiger partial charge in [0.25, 0.3) is 0 Å². The number of hydrogen-bond donors (Lipinski definition) is 1. The Balaban J connectivity index is 1.97. The van der Waals surface area contributed by atoms with Crippen molar-refractivity contribution in [2.75, 3.05) is 7.11 Å². The molecule has 0 bridgehead atoms. The number of benzene rings is 3. The molecule has 0 radical (unpaired) electrons. The molecule has 1 N–H and O–H groups in total. The number of ether oxygens (including phenoxy) is 2. The maximum absolute atomic E-state index is 12.1. The number of carboxylic acids is 1. The van der Waals surface area contributed by atoms with E-state index < -0.39 is 5.97 Å². The molecule has 0 amide bonds. The number of fused-ring (bicyclic) bond motifs is 1. The second kappa shape index (κ2) is 8.39. The predicted octanol–water partition coefficient (Wildman–Crippen LogP) is 4.73. The van der Waals surface area contributed by atoms with Gasteiger partial charge in [-0.1, -0.05) is 36.4 Å². The molecule has 0 fully saturated rings. The Morgan fingerprint density at radius 1 is 1.07 bits per heavy atom. The summed E-state index contributed by atoms with van der Waals surface area (Å²) < 4.78 is 11.5. The zero-order chi connectivity index (χ0) is 20.1. The maximum Gasteiger partial charge on any atom is 0.328 e. The first-order valence-electron chi connectivity index (χ1n) is 8.73. The second-order valence-electron chi connectivity index (χ2n) is 6.25. The number of ketones is 1. The number of carboxylic acid groups (broad SMARTS) is 1. The second-order valence-corrected chi connectivity index (χ2v) is 6.25. The van der Waals surface area contributed by atoms with Crippen LogP contribution < -0.4 is 9.47 Å². The highest BCUT2D eigenvalue weighted by atomic mass is 16.5. The lowest BCUT2D eigenvalue weighted by Crippen LogP contribution is -2.04. The van der Waals surface area contributed by atoms with Gasteiger partial charge in [0.15, 0.2) is 5.78 Å². The van der Waals surface area contributed by atoms with Crippen LogP contribution >= 0.6 is 0 Å². The Labute approximate surface area is 162 Å². The number of Topliss-reactive ketones (excluding diaryl/α,β-unsaturated/α-hetero) is 1. The van der Waals surface area contributed by atoms with Crippen molar-refractivity contribution in [1.82, 2.24) is 0 Å². The molecule has 3 aromatic carbocycles. The molecule has 0 atom stereocenters. The highest BCUT2D eigenvalue weighted by Crippen LogP contribution is 2.32. The van der Waals surface area contributed by atoms with Gasteiger partial charge in [0.2, 0.25) is 0 Å². The SMILES string of the molecule is COc1ccc(/C=C/C(=O)O)cc1COc1c(C(C)=O)ccc2ccccc12. The molecule has 5 heteroatoms. The van der Waals surface area contributed by atoms with Gasteiger partial charge in [-0.2, -0.15) is 0 Å². The molecule has 0 spiro atoms. The fourth-order valence-corrected chi connectivity index (χ4v) is 3.01. The number of hydrogen-bond acceptors (Lipinski definition) is 4. The van der Waals surface area contributed by atoms with Crippen molar-refractivity contribution in [2.24, 2.45) is 0 Å². The topological polar surface area (TPSA) is 72.8 Å². The van der Waals surface area contributed by atoms with Crippen LogP contribution in [-0.4, -0.2) is 24.0 Å². The van der Waals surface area contributed by atoms with Crippen molar-refractivity contribution in [3.63, 3.8) is 0 Å². The molecule has 0 heterocycles. The van der Waals surface area contributed by atoms with Gasteiger partial charge in [0, 0.05) is 17.0 Å². The van der Waals surface area contributed by atoms with Crippen LogP contribution in [0.4, 0.5) is 0 Å². The summed E-state index contributed by atoms with van der Waals surface area (Å²) in [7, 11) is 1.56. The molecule has 3 aromatic rings. The molecule has 142 valence electrons. The molecular weight excluding hydrogens is 356 g/mol. The standard InChI is InChI=1S/C23H20O5/c1-15(24)19-10-9-17-5-3-4-6-20(17)23(19)28-14-18-13-16(8-12-22(25)26)7-11-21(18)27-2/h3-13H,14H2,1-2H3,(H,25,26)/b12-8+. The van der Waals surface area contributed by atoms with E-state index in [-0.39, 0.29) is 12.4 Å². The van der Waals surface area contributed by atoms with Crippen molar-refractivity contribution in [3.8, 4) is 11.5 Å². The molecule has 0 unspecified atom stereocenters. The molecule has 0 saturated carbocycles. The van der Waals surface area contributed by atoms with Crippen molar-refractivity contribution in [1.29, 1.82) is 0 Å². The summed E-state index contributed by atoms with van der Waals surface area (Å²) in [5.41, 5.74) is 1.98.